The Bertz CT molecular complexity index is 173. The summed E-state index contributed by atoms with van der Waals surface area (Å²) in [5.41, 5.74) is -0.419. The van der Waals surface area contributed by atoms with Crippen molar-refractivity contribution in [3.05, 3.63) is 0 Å². The van der Waals surface area contributed by atoms with E-state index < -0.39 is 5.54 Å². The zero-order chi connectivity index (χ0) is 9.19. The fourth-order valence-electron chi connectivity index (χ4n) is 1.12. The van der Waals surface area contributed by atoms with Crippen LogP contribution in [0.1, 0.15) is 33.6 Å². The van der Waals surface area contributed by atoms with E-state index in [4.69, 9.17) is 0 Å². The Morgan fingerprint density at radius 3 is 2.50 bits per heavy atom. The largest absolute Gasteiger partial charge is 0.352 e. The van der Waals surface area contributed by atoms with Crippen LogP contribution in [0.2, 0.25) is 0 Å². The van der Waals surface area contributed by atoms with Crippen molar-refractivity contribution in [1.29, 1.82) is 0 Å². The number of nitrogens with one attached hydrogen (secondary N) is 2. The first-order valence-corrected chi connectivity index (χ1v) is 4.62. The normalized spacial score (nSPS) is 17.6. The van der Waals surface area contributed by atoms with Crippen LogP contribution in [0.4, 0.5) is 0 Å². The Labute approximate surface area is 73.9 Å². The first-order chi connectivity index (χ1) is 5.56. The van der Waals surface area contributed by atoms with E-state index in [1.807, 2.05) is 20.8 Å². The van der Waals surface area contributed by atoms with Crippen LogP contribution in [0.3, 0.4) is 0 Å². The summed E-state index contributed by atoms with van der Waals surface area (Å²) in [4.78, 5) is 11.5. The molecule has 1 rings (SSSR count). The fourth-order valence-corrected chi connectivity index (χ4v) is 1.12. The lowest BCUT2D eigenvalue weighted by atomic mass is 10.0. The molecule has 1 aliphatic rings. The van der Waals surface area contributed by atoms with Gasteiger partial charge in [0.1, 0.15) is 0 Å². The van der Waals surface area contributed by atoms with E-state index in [1.54, 1.807) is 0 Å². The molecular formula is C9H18N2O. The molecule has 0 aromatic rings. The summed E-state index contributed by atoms with van der Waals surface area (Å²) in [5, 5.41) is 6.12. The zero-order valence-corrected chi connectivity index (χ0v) is 8.11. The quantitative estimate of drug-likeness (QED) is 0.650. The maximum absolute atomic E-state index is 11.5. The minimum absolute atomic E-state index is 0.117. The summed E-state index contributed by atoms with van der Waals surface area (Å²) >= 11 is 0. The molecule has 0 heterocycles. The molecule has 1 fully saturated rings. The number of rotatable bonds is 4. The number of amides is 1. The number of likely N-dealkylation sites (N-methyl/N-ethyl adjacent to an activating group) is 1. The SMILES string of the molecule is CCNC(C)(C)C(=O)NC1CC1. The molecule has 0 aromatic carbocycles. The standard InChI is InChI=1S/C9H18N2O/c1-4-10-9(2,3)8(12)11-7-5-6-7/h7,10H,4-6H2,1-3H3,(H,11,12). The highest BCUT2D eigenvalue weighted by Crippen LogP contribution is 2.19. The van der Waals surface area contributed by atoms with Crippen LogP contribution in [0.15, 0.2) is 0 Å². The molecule has 70 valence electrons. The van der Waals surface area contributed by atoms with Gasteiger partial charge in [0, 0.05) is 6.04 Å². The highest BCUT2D eigenvalue weighted by atomic mass is 16.2. The Morgan fingerprint density at radius 2 is 2.08 bits per heavy atom. The monoisotopic (exact) mass is 170 g/mol. The first-order valence-electron chi connectivity index (χ1n) is 4.62. The molecule has 0 spiro atoms. The molecule has 0 aliphatic heterocycles. The van der Waals surface area contributed by atoms with Crippen LogP contribution < -0.4 is 10.6 Å². The van der Waals surface area contributed by atoms with Gasteiger partial charge in [-0.15, -0.1) is 0 Å². The maximum atomic E-state index is 11.5. The van der Waals surface area contributed by atoms with Crippen LogP contribution >= 0.6 is 0 Å². The summed E-state index contributed by atoms with van der Waals surface area (Å²) in [6.45, 7) is 6.65. The van der Waals surface area contributed by atoms with Gasteiger partial charge < -0.3 is 10.6 Å². The number of carbonyl (C=O) groups excluding carboxylic acids is 1. The molecule has 0 unspecified atom stereocenters. The second kappa shape index (κ2) is 3.44. The Kier molecular flexibility index (Phi) is 2.73. The molecule has 3 nitrogen and oxygen atoms in total. The predicted molar refractivity (Wildman–Crippen MR) is 48.9 cm³/mol. The third-order valence-electron chi connectivity index (χ3n) is 2.10. The molecule has 1 saturated carbocycles. The van der Waals surface area contributed by atoms with E-state index in [-0.39, 0.29) is 5.91 Å². The highest BCUT2D eigenvalue weighted by Gasteiger charge is 2.31. The molecule has 0 atom stereocenters. The number of hydrogen-bond donors (Lipinski definition) is 2. The minimum Gasteiger partial charge on any atom is -0.352 e. The van der Waals surface area contributed by atoms with Crippen LogP contribution in [-0.4, -0.2) is 24.0 Å². The second-order valence-corrected chi connectivity index (χ2v) is 3.90. The van der Waals surface area contributed by atoms with E-state index in [1.165, 1.54) is 0 Å². The Balaban J connectivity index is 2.36. The van der Waals surface area contributed by atoms with Gasteiger partial charge in [0.15, 0.2) is 0 Å². The van der Waals surface area contributed by atoms with Crippen molar-refractivity contribution >= 4 is 5.91 Å². The van der Waals surface area contributed by atoms with Crippen molar-refractivity contribution in [3.8, 4) is 0 Å². The van der Waals surface area contributed by atoms with E-state index in [9.17, 15) is 4.79 Å². The molecule has 1 aliphatic carbocycles. The van der Waals surface area contributed by atoms with Gasteiger partial charge in [0.25, 0.3) is 0 Å². The van der Waals surface area contributed by atoms with Crippen LogP contribution in [0, 0.1) is 0 Å². The van der Waals surface area contributed by atoms with Crippen LogP contribution in [-0.2, 0) is 4.79 Å². The molecule has 0 aromatic heterocycles. The molecule has 12 heavy (non-hydrogen) atoms. The third kappa shape index (κ3) is 2.48. The van der Waals surface area contributed by atoms with Gasteiger partial charge in [-0.25, -0.2) is 0 Å². The van der Waals surface area contributed by atoms with Gasteiger partial charge in [-0.05, 0) is 33.2 Å². The van der Waals surface area contributed by atoms with E-state index in [0.717, 1.165) is 19.4 Å². The van der Waals surface area contributed by atoms with Gasteiger partial charge in [-0.3, -0.25) is 4.79 Å². The van der Waals surface area contributed by atoms with Gasteiger partial charge in [0.05, 0.1) is 5.54 Å². The molecule has 1 amide bonds. The van der Waals surface area contributed by atoms with Crippen molar-refractivity contribution < 1.29 is 4.79 Å². The van der Waals surface area contributed by atoms with Crippen molar-refractivity contribution in [1.82, 2.24) is 10.6 Å². The van der Waals surface area contributed by atoms with E-state index >= 15 is 0 Å². The average Bonchev–Trinajstić information content (AvgIpc) is 2.71. The first kappa shape index (κ1) is 9.52. The van der Waals surface area contributed by atoms with Gasteiger partial charge in [-0.1, -0.05) is 6.92 Å². The molecule has 3 heteroatoms. The molecule has 0 radical (unpaired) electrons. The molecule has 2 N–H and O–H groups in total. The molecular weight excluding hydrogens is 152 g/mol. The lowest BCUT2D eigenvalue weighted by Crippen LogP contribution is -2.53. The van der Waals surface area contributed by atoms with Crippen molar-refractivity contribution in [2.24, 2.45) is 0 Å². The van der Waals surface area contributed by atoms with Crippen LogP contribution in [0.25, 0.3) is 0 Å². The average molecular weight is 170 g/mol. The van der Waals surface area contributed by atoms with Crippen molar-refractivity contribution in [2.45, 2.75) is 45.2 Å². The fraction of sp³-hybridized carbons (Fsp3) is 0.889. The number of carbonyl (C=O) groups is 1. The smallest absolute Gasteiger partial charge is 0.239 e. The lowest BCUT2D eigenvalue weighted by Gasteiger charge is -2.24. The minimum atomic E-state index is -0.419. The summed E-state index contributed by atoms with van der Waals surface area (Å²) in [7, 11) is 0. The second-order valence-electron chi connectivity index (χ2n) is 3.90. The summed E-state index contributed by atoms with van der Waals surface area (Å²) in [6, 6.07) is 0.454. The Morgan fingerprint density at radius 1 is 1.50 bits per heavy atom. The molecule has 0 bridgehead atoms. The van der Waals surface area contributed by atoms with Crippen molar-refractivity contribution in [2.75, 3.05) is 6.54 Å². The summed E-state index contributed by atoms with van der Waals surface area (Å²) in [5.74, 6) is 0.117. The van der Waals surface area contributed by atoms with Gasteiger partial charge in [-0.2, -0.15) is 0 Å². The Hall–Kier alpha value is -0.570. The van der Waals surface area contributed by atoms with Gasteiger partial charge in [0.2, 0.25) is 5.91 Å². The molecule has 0 saturated heterocycles. The summed E-state index contributed by atoms with van der Waals surface area (Å²) in [6.07, 6.45) is 2.29. The van der Waals surface area contributed by atoms with Crippen molar-refractivity contribution in [3.63, 3.8) is 0 Å². The van der Waals surface area contributed by atoms with E-state index in [0.29, 0.717) is 6.04 Å². The highest BCUT2D eigenvalue weighted by molar-refractivity contribution is 5.85. The van der Waals surface area contributed by atoms with E-state index in [2.05, 4.69) is 10.6 Å². The van der Waals surface area contributed by atoms with Gasteiger partial charge >= 0.3 is 0 Å². The summed E-state index contributed by atoms with van der Waals surface area (Å²) < 4.78 is 0. The zero-order valence-electron chi connectivity index (χ0n) is 8.11. The topological polar surface area (TPSA) is 41.1 Å². The maximum Gasteiger partial charge on any atom is 0.239 e. The predicted octanol–water partition coefficient (Wildman–Crippen LogP) is 0.653. The third-order valence-corrected chi connectivity index (χ3v) is 2.10. The lowest BCUT2D eigenvalue weighted by molar-refractivity contribution is -0.126. The number of hydrogen-bond acceptors (Lipinski definition) is 2. The van der Waals surface area contributed by atoms with Crippen LogP contribution in [0.5, 0.6) is 0 Å².